The molecule has 0 fully saturated rings. The molecule has 0 spiro atoms. The fourth-order valence-electron chi connectivity index (χ4n) is 1.68. The standard InChI is InChI=1S/C13H16ClN3O/c1-8-6-13(17(3)16-8)18-12-5-4-10(9(2)15)7-11(12)14/h4-7,9H,15H2,1-3H3/t9-/m0/s1. The van der Waals surface area contributed by atoms with Gasteiger partial charge in [0.05, 0.1) is 10.7 Å². The minimum Gasteiger partial charge on any atom is -0.438 e. The van der Waals surface area contributed by atoms with Gasteiger partial charge in [0.15, 0.2) is 0 Å². The van der Waals surface area contributed by atoms with Crippen LogP contribution < -0.4 is 10.5 Å². The highest BCUT2D eigenvalue weighted by Gasteiger charge is 2.09. The molecule has 2 aromatic rings. The zero-order valence-electron chi connectivity index (χ0n) is 10.6. The topological polar surface area (TPSA) is 53.1 Å². The van der Waals surface area contributed by atoms with Crippen LogP contribution in [0.4, 0.5) is 0 Å². The molecule has 1 heterocycles. The van der Waals surface area contributed by atoms with Crippen molar-refractivity contribution >= 4 is 11.6 Å². The van der Waals surface area contributed by atoms with E-state index in [1.165, 1.54) is 0 Å². The molecule has 1 aromatic heterocycles. The summed E-state index contributed by atoms with van der Waals surface area (Å²) < 4.78 is 7.39. The van der Waals surface area contributed by atoms with Crippen LogP contribution in [0, 0.1) is 6.92 Å². The van der Waals surface area contributed by atoms with Crippen LogP contribution in [0.25, 0.3) is 0 Å². The first kappa shape index (κ1) is 12.9. The average molecular weight is 266 g/mol. The van der Waals surface area contributed by atoms with Crippen LogP contribution in [0.3, 0.4) is 0 Å². The minimum atomic E-state index is -0.0458. The van der Waals surface area contributed by atoms with Gasteiger partial charge in [0.2, 0.25) is 5.88 Å². The number of aryl methyl sites for hydroxylation is 2. The normalized spacial score (nSPS) is 12.5. The van der Waals surface area contributed by atoms with Crippen molar-refractivity contribution in [2.75, 3.05) is 0 Å². The van der Waals surface area contributed by atoms with Crippen LogP contribution in [-0.4, -0.2) is 9.78 Å². The first-order chi connectivity index (χ1) is 8.47. The fourth-order valence-corrected chi connectivity index (χ4v) is 1.91. The molecule has 4 nitrogen and oxygen atoms in total. The molecule has 0 unspecified atom stereocenters. The number of halogens is 1. The maximum Gasteiger partial charge on any atom is 0.217 e. The van der Waals surface area contributed by atoms with Crippen molar-refractivity contribution < 1.29 is 4.74 Å². The molecule has 0 aliphatic rings. The number of hydrogen-bond donors (Lipinski definition) is 1. The molecule has 18 heavy (non-hydrogen) atoms. The molecule has 2 N–H and O–H groups in total. The molecule has 0 aliphatic carbocycles. The minimum absolute atomic E-state index is 0.0458. The van der Waals surface area contributed by atoms with Gasteiger partial charge < -0.3 is 10.5 Å². The predicted octanol–water partition coefficient (Wildman–Crippen LogP) is 3.19. The summed E-state index contributed by atoms with van der Waals surface area (Å²) >= 11 is 6.17. The molecule has 1 atom stereocenters. The number of aromatic nitrogens is 2. The number of ether oxygens (including phenoxy) is 1. The van der Waals surface area contributed by atoms with Crippen molar-refractivity contribution in [2.24, 2.45) is 12.8 Å². The average Bonchev–Trinajstić information content (AvgIpc) is 2.60. The number of benzene rings is 1. The Morgan fingerprint density at radius 3 is 2.61 bits per heavy atom. The van der Waals surface area contributed by atoms with E-state index in [9.17, 15) is 0 Å². The van der Waals surface area contributed by atoms with Crippen molar-refractivity contribution in [3.8, 4) is 11.6 Å². The van der Waals surface area contributed by atoms with Crippen LogP contribution in [0.15, 0.2) is 24.3 Å². The monoisotopic (exact) mass is 265 g/mol. The smallest absolute Gasteiger partial charge is 0.217 e. The van der Waals surface area contributed by atoms with Crippen molar-refractivity contribution in [3.05, 3.63) is 40.5 Å². The lowest BCUT2D eigenvalue weighted by Gasteiger charge is -2.10. The summed E-state index contributed by atoms with van der Waals surface area (Å²) in [5, 5.41) is 4.76. The molecule has 0 aliphatic heterocycles. The molecule has 0 saturated heterocycles. The quantitative estimate of drug-likeness (QED) is 0.927. The third-order valence-electron chi connectivity index (χ3n) is 2.66. The highest BCUT2D eigenvalue weighted by atomic mass is 35.5. The first-order valence-corrected chi connectivity index (χ1v) is 6.08. The molecule has 0 saturated carbocycles. The van der Waals surface area contributed by atoms with Gasteiger partial charge in [0.1, 0.15) is 5.75 Å². The van der Waals surface area contributed by atoms with Crippen molar-refractivity contribution in [3.63, 3.8) is 0 Å². The number of nitrogens with zero attached hydrogens (tertiary/aromatic N) is 2. The number of hydrogen-bond acceptors (Lipinski definition) is 3. The Morgan fingerprint density at radius 2 is 2.11 bits per heavy atom. The summed E-state index contributed by atoms with van der Waals surface area (Å²) in [6.45, 7) is 3.82. The summed E-state index contributed by atoms with van der Waals surface area (Å²) in [7, 11) is 1.83. The van der Waals surface area contributed by atoms with Crippen molar-refractivity contribution in [1.29, 1.82) is 0 Å². The second-order valence-electron chi connectivity index (χ2n) is 4.33. The lowest BCUT2D eigenvalue weighted by molar-refractivity contribution is 0.430. The predicted molar refractivity (Wildman–Crippen MR) is 72.1 cm³/mol. The van der Waals surface area contributed by atoms with Gasteiger partial charge in [-0.25, -0.2) is 4.68 Å². The molecule has 0 bridgehead atoms. The Bertz CT molecular complexity index is 563. The van der Waals surface area contributed by atoms with E-state index in [1.807, 2.05) is 45.2 Å². The third-order valence-corrected chi connectivity index (χ3v) is 2.95. The van der Waals surface area contributed by atoms with Gasteiger partial charge in [-0.2, -0.15) is 5.10 Å². The highest BCUT2D eigenvalue weighted by molar-refractivity contribution is 6.32. The van der Waals surface area contributed by atoms with E-state index in [0.29, 0.717) is 16.7 Å². The summed E-state index contributed by atoms with van der Waals surface area (Å²) in [5.41, 5.74) is 7.68. The summed E-state index contributed by atoms with van der Waals surface area (Å²) in [6.07, 6.45) is 0. The second kappa shape index (κ2) is 5.00. The van der Waals surface area contributed by atoms with E-state index in [2.05, 4.69) is 5.10 Å². The number of nitrogens with two attached hydrogens (primary N) is 1. The van der Waals surface area contributed by atoms with Crippen LogP contribution in [0.2, 0.25) is 5.02 Å². The Labute approximate surface area is 111 Å². The van der Waals surface area contributed by atoms with Gasteiger partial charge in [-0.1, -0.05) is 17.7 Å². The Hall–Kier alpha value is -1.52. The molecular formula is C13H16ClN3O. The van der Waals surface area contributed by atoms with E-state index in [1.54, 1.807) is 4.68 Å². The third kappa shape index (κ3) is 2.66. The van der Waals surface area contributed by atoms with E-state index in [-0.39, 0.29) is 6.04 Å². The molecule has 96 valence electrons. The molecule has 0 amide bonds. The van der Waals surface area contributed by atoms with Gasteiger partial charge in [-0.3, -0.25) is 0 Å². The summed E-state index contributed by atoms with van der Waals surface area (Å²) in [5.74, 6) is 1.26. The molecular weight excluding hydrogens is 250 g/mol. The highest BCUT2D eigenvalue weighted by Crippen LogP contribution is 2.31. The molecule has 0 radical (unpaired) electrons. The first-order valence-electron chi connectivity index (χ1n) is 5.71. The van der Waals surface area contributed by atoms with Crippen LogP contribution in [0.5, 0.6) is 11.6 Å². The van der Waals surface area contributed by atoms with Gasteiger partial charge in [-0.05, 0) is 31.5 Å². The van der Waals surface area contributed by atoms with E-state index < -0.39 is 0 Å². The SMILES string of the molecule is Cc1cc(Oc2ccc([C@H](C)N)cc2Cl)n(C)n1. The lowest BCUT2D eigenvalue weighted by Crippen LogP contribution is -2.04. The van der Waals surface area contributed by atoms with Crippen LogP contribution >= 0.6 is 11.6 Å². The number of rotatable bonds is 3. The summed E-state index contributed by atoms with van der Waals surface area (Å²) in [6, 6.07) is 7.37. The van der Waals surface area contributed by atoms with E-state index >= 15 is 0 Å². The zero-order chi connectivity index (χ0) is 13.3. The largest absolute Gasteiger partial charge is 0.438 e. The van der Waals surface area contributed by atoms with E-state index in [4.69, 9.17) is 22.1 Å². The Balaban J connectivity index is 2.27. The molecule has 2 rings (SSSR count). The van der Waals surface area contributed by atoms with Gasteiger partial charge in [-0.15, -0.1) is 0 Å². The van der Waals surface area contributed by atoms with Crippen molar-refractivity contribution in [1.82, 2.24) is 9.78 Å². The van der Waals surface area contributed by atoms with Crippen molar-refractivity contribution in [2.45, 2.75) is 19.9 Å². The lowest BCUT2D eigenvalue weighted by atomic mass is 10.1. The molecule has 1 aromatic carbocycles. The second-order valence-corrected chi connectivity index (χ2v) is 4.74. The fraction of sp³-hybridized carbons (Fsp3) is 0.308. The van der Waals surface area contributed by atoms with Gasteiger partial charge in [0.25, 0.3) is 0 Å². The molecule has 5 heteroatoms. The maximum absolute atomic E-state index is 6.17. The van der Waals surface area contributed by atoms with Gasteiger partial charge in [0, 0.05) is 19.2 Å². The van der Waals surface area contributed by atoms with Gasteiger partial charge >= 0.3 is 0 Å². The Morgan fingerprint density at radius 1 is 1.39 bits per heavy atom. The summed E-state index contributed by atoms with van der Waals surface area (Å²) in [4.78, 5) is 0. The Kier molecular flexibility index (Phi) is 3.59. The van der Waals surface area contributed by atoms with E-state index in [0.717, 1.165) is 11.3 Å². The zero-order valence-corrected chi connectivity index (χ0v) is 11.4. The van der Waals surface area contributed by atoms with Crippen LogP contribution in [-0.2, 0) is 7.05 Å². The maximum atomic E-state index is 6.17. The van der Waals surface area contributed by atoms with Crippen LogP contribution in [0.1, 0.15) is 24.2 Å².